The molecule has 0 aliphatic heterocycles. The fourth-order valence-electron chi connectivity index (χ4n) is 1.25. The van der Waals surface area contributed by atoms with Crippen LogP contribution >= 0.6 is 23.1 Å². The molecule has 0 aromatic carbocycles. The number of amides is 1. The Labute approximate surface area is 120 Å². The van der Waals surface area contributed by atoms with Gasteiger partial charge in [0.05, 0.1) is 18.9 Å². The second kappa shape index (κ2) is 8.95. The molecular formula is C12H18N2O3S2. The number of hydrogen-bond acceptors (Lipinski definition) is 6. The molecular weight excluding hydrogens is 284 g/mol. The summed E-state index contributed by atoms with van der Waals surface area (Å²) in [6, 6.07) is 3.24. The van der Waals surface area contributed by atoms with Gasteiger partial charge < -0.3 is 15.8 Å². The lowest BCUT2D eigenvalue weighted by molar-refractivity contribution is -0.144. The van der Waals surface area contributed by atoms with Crippen molar-refractivity contribution in [3.8, 4) is 0 Å². The Bertz CT molecular complexity index is 396. The van der Waals surface area contributed by atoms with Crippen molar-refractivity contribution in [1.82, 2.24) is 5.32 Å². The number of hydrogen-bond donors (Lipinski definition) is 2. The lowest BCUT2D eigenvalue weighted by atomic mass is 10.4. The number of carbonyl (C=O) groups excluding carboxylic acids is 2. The number of thiophene rings is 1. The smallest absolute Gasteiger partial charge is 0.323 e. The van der Waals surface area contributed by atoms with Gasteiger partial charge in [-0.3, -0.25) is 9.59 Å². The Morgan fingerprint density at radius 3 is 3.00 bits per heavy atom. The summed E-state index contributed by atoms with van der Waals surface area (Å²) in [7, 11) is 0. The van der Waals surface area contributed by atoms with Crippen molar-refractivity contribution < 1.29 is 14.3 Å². The molecule has 1 rings (SSSR count). The summed E-state index contributed by atoms with van der Waals surface area (Å²) in [6.45, 7) is 2.59. The number of thioether (sulfide) groups is 1. The van der Waals surface area contributed by atoms with Gasteiger partial charge in [-0.15, -0.1) is 23.1 Å². The van der Waals surface area contributed by atoms with Gasteiger partial charge in [-0.2, -0.15) is 0 Å². The molecule has 0 aliphatic carbocycles. The van der Waals surface area contributed by atoms with Crippen LogP contribution in [-0.2, 0) is 20.9 Å². The normalized spacial score (nSPS) is 11.9. The molecule has 5 nitrogen and oxygen atoms in total. The van der Waals surface area contributed by atoms with Crippen molar-refractivity contribution in [2.45, 2.75) is 19.5 Å². The molecule has 1 amide bonds. The van der Waals surface area contributed by atoms with Crippen molar-refractivity contribution >= 4 is 35.0 Å². The van der Waals surface area contributed by atoms with Gasteiger partial charge in [0.1, 0.15) is 6.04 Å². The molecule has 1 atom stereocenters. The van der Waals surface area contributed by atoms with E-state index in [2.05, 4.69) is 5.32 Å². The quantitative estimate of drug-likeness (QED) is 0.700. The van der Waals surface area contributed by atoms with E-state index in [9.17, 15) is 9.59 Å². The highest BCUT2D eigenvalue weighted by Crippen LogP contribution is 2.08. The molecule has 3 N–H and O–H groups in total. The van der Waals surface area contributed by atoms with E-state index in [0.29, 0.717) is 24.7 Å². The average Bonchev–Trinajstić information content (AvgIpc) is 2.89. The van der Waals surface area contributed by atoms with Crippen LogP contribution in [0.2, 0.25) is 0 Å². The summed E-state index contributed by atoms with van der Waals surface area (Å²) in [5.74, 6) is 0.187. The molecule has 0 aliphatic rings. The zero-order chi connectivity index (χ0) is 14.1. The Morgan fingerprint density at radius 1 is 1.58 bits per heavy atom. The predicted octanol–water partition coefficient (Wildman–Crippen LogP) is 0.988. The number of ether oxygens (including phenoxy) is 1. The van der Waals surface area contributed by atoms with E-state index in [-0.39, 0.29) is 5.91 Å². The number of esters is 1. The van der Waals surface area contributed by atoms with E-state index in [1.807, 2.05) is 17.5 Å². The van der Waals surface area contributed by atoms with E-state index in [1.165, 1.54) is 11.8 Å². The minimum atomic E-state index is -0.671. The minimum absolute atomic E-state index is 0.0607. The first kappa shape index (κ1) is 16.0. The van der Waals surface area contributed by atoms with Crippen LogP contribution in [0.1, 0.15) is 11.8 Å². The second-order valence-corrected chi connectivity index (χ2v) is 5.79. The van der Waals surface area contributed by atoms with Crippen LogP contribution in [0.25, 0.3) is 0 Å². The van der Waals surface area contributed by atoms with Crippen LogP contribution in [-0.4, -0.2) is 36.0 Å². The zero-order valence-corrected chi connectivity index (χ0v) is 12.4. The van der Waals surface area contributed by atoms with E-state index >= 15 is 0 Å². The Morgan fingerprint density at radius 2 is 2.37 bits per heavy atom. The number of carbonyl (C=O) groups is 2. The topological polar surface area (TPSA) is 81.4 Å². The summed E-state index contributed by atoms with van der Waals surface area (Å²) in [5.41, 5.74) is 5.62. The Balaban J connectivity index is 2.11. The van der Waals surface area contributed by atoms with Gasteiger partial charge in [-0.1, -0.05) is 6.07 Å². The molecule has 0 spiro atoms. The summed E-state index contributed by atoms with van der Waals surface area (Å²) >= 11 is 2.93. The standard InChI is InChI=1S/C12H18N2O3S2/c1-2-17-12(16)10(13)7-18-8-11(15)14-6-9-4-3-5-19-9/h3-5,10H,2,6-8,13H2,1H3,(H,14,15). The van der Waals surface area contributed by atoms with Gasteiger partial charge in [-0.25, -0.2) is 0 Å². The Hall–Kier alpha value is -1.05. The second-order valence-electron chi connectivity index (χ2n) is 3.73. The molecule has 1 unspecified atom stereocenters. The highest BCUT2D eigenvalue weighted by molar-refractivity contribution is 8.00. The van der Waals surface area contributed by atoms with Gasteiger partial charge in [0.15, 0.2) is 0 Å². The van der Waals surface area contributed by atoms with Gasteiger partial charge in [-0.05, 0) is 18.4 Å². The summed E-state index contributed by atoms with van der Waals surface area (Å²) < 4.78 is 4.78. The molecule has 0 radical (unpaired) electrons. The highest BCUT2D eigenvalue weighted by atomic mass is 32.2. The van der Waals surface area contributed by atoms with Gasteiger partial charge in [0.25, 0.3) is 0 Å². The van der Waals surface area contributed by atoms with E-state index in [0.717, 1.165) is 4.88 Å². The van der Waals surface area contributed by atoms with E-state index < -0.39 is 12.0 Å². The lowest BCUT2D eigenvalue weighted by Gasteiger charge is -2.09. The maximum absolute atomic E-state index is 11.5. The van der Waals surface area contributed by atoms with Crippen molar-refractivity contribution in [2.75, 3.05) is 18.1 Å². The van der Waals surface area contributed by atoms with Crippen LogP contribution in [0.5, 0.6) is 0 Å². The summed E-state index contributed by atoms with van der Waals surface area (Å²) in [6.07, 6.45) is 0. The molecule has 0 bridgehead atoms. The first-order valence-electron chi connectivity index (χ1n) is 5.92. The first-order chi connectivity index (χ1) is 9.13. The predicted molar refractivity (Wildman–Crippen MR) is 78.1 cm³/mol. The number of nitrogens with one attached hydrogen (secondary N) is 1. The van der Waals surface area contributed by atoms with Crippen LogP contribution in [0.4, 0.5) is 0 Å². The molecule has 0 saturated heterocycles. The number of rotatable bonds is 8. The van der Waals surface area contributed by atoms with Crippen molar-refractivity contribution in [1.29, 1.82) is 0 Å². The molecule has 1 aromatic rings. The van der Waals surface area contributed by atoms with Crippen molar-refractivity contribution in [3.63, 3.8) is 0 Å². The maximum atomic E-state index is 11.5. The average molecular weight is 302 g/mol. The molecule has 0 fully saturated rings. The zero-order valence-electron chi connectivity index (χ0n) is 10.8. The number of nitrogens with two attached hydrogens (primary N) is 1. The van der Waals surface area contributed by atoms with Gasteiger partial charge in [0.2, 0.25) is 5.91 Å². The third kappa shape index (κ3) is 6.60. The van der Waals surface area contributed by atoms with Crippen LogP contribution in [0.3, 0.4) is 0 Å². The SMILES string of the molecule is CCOC(=O)C(N)CSCC(=O)NCc1cccs1. The van der Waals surface area contributed by atoms with Crippen molar-refractivity contribution in [2.24, 2.45) is 5.73 Å². The third-order valence-electron chi connectivity index (χ3n) is 2.16. The molecule has 7 heteroatoms. The van der Waals surface area contributed by atoms with Crippen LogP contribution in [0, 0.1) is 0 Å². The fourth-order valence-corrected chi connectivity index (χ4v) is 2.69. The molecule has 106 valence electrons. The van der Waals surface area contributed by atoms with Gasteiger partial charge >= 0.3 is 5.97 Å². The summed E-state index contributed by atoms with van der Waals surface area (Å²) in [4.78, 5) is 23.9. The van der Waals surface area contributed by atoms with Crippen LogP contribution < -0.4 is 11.1 Å². The molecule has 19 heavy (non-hydrogen) atoms. The maximum Gasteiger partial charge on any atom is 0.323 e. The fraction of sp³-hybridized carbons (Fsp3) is 0.500. The van der Waals surface area contributed by atoms with Gasteiger partial charge in [0, 0.05) is 10.6 Å². The van der Waals surface area contributed by atoms with E-state index in [4.69, 9.17) is 10.5 Å². The first-order valence-corrected chi connectivity index (χ1v) is 7.96. The monoisotopic (exact) mass is 302 g/mol. The van der Waals surface area contributed by atoms with Crippen molar-refractivity contribution in [3.05, 3.63) is 22.4 Å². The largest absolute Gasteiger partial charge is 0.465 e. The lowest BCUT2D eigenvalue weighted by Crippen LogP contribution is -2.35. The Kier molecular flexibility index (Phi) is 7.54. The third-order valence-corrected chi connectivity index (χ3v) is 4.10. The minimum Gasteiger partial charge on any atom is -0.465 e. The van der Waals surface area contributed by atoms with Crippen LogP contribution in [0.15, 0.2) is 17.5 Å². The molecule has 1 heterocycles. The summed E-state index contributed by atoms with van der Waals surface area (Å²) in [5, 5.41) is 4.77. The van der Waals surface area contributed by atoms with E-state index in [1.54, 1.807) is 18.3 Å². The molecule has 0 saturated carbocycles. The highest BCUT2D eigenvalue weighted by Gasteiger charge is 2.14. The molecule has 1 aromatic heterocycles.